The Balaban J connectivity index is 0. The second kappa shape index (κ2) is 33.1. The number of unbranched alkanes of at least 4 members (excludes halogenated alkanes) is 24. The van der Waals surface area contributed by atoms with E-state index in [0.717, 1.165) is 19.3 Å². The van der Waals surface area contributed by atoms with Crippen LogP contribution in [0.4, 0.5) is 0 Å². The van der Waals surface area contributed by atoms with Crippen LogP contribution in [-0.4, -0.2) is 19.6 Å². The van der Waals surface area contributed by atoms with E-state index in [2.05, 4.69) is 30.2 Å². The smallest absolute Gasteiger partial charge is 0.726 e. The Morgan fingerprint density at radius 2 is 0.897 bits per heavy atom. The van der Waals surface area contributed by atoms with Gasteiger partial charge in [-0.2, -0.15) is 0 Å². The van der Waals surface area contributed by atoms with Gasteiger partial charge in [0.1, 0.15) is 0 Å². The molecule has 0 heterocycles. The fourth-order valence-corrected chi connectivity index (χ4v) is 5.56. The molecule has 0 spiro atoms. The van der Waals surface area contributed by atoms with Crippen molar-refractivity contribution in [2.24, 2.45) is 5.92 Å². The summed E-state index contributed by atoms with van der Waals surface area (Å²) >= 11 is 0. The van der Waals surface area contributed by atoms with Crippen molar-refractivity contribution in [2.75, 3.05) is 6.61 Å². The van der Waals surface area contributed by atoms with Crippen LogP contribution in [0.25, 0.3) is 0 Å². The maximum Gasteiger partial charge on any atom is 1.00 e. The molecule has 0 aliphatic rings. The minimum atomic E-state index is -4.62. The third-order valence-corrected chi connectivity index (χ3v) is 8.16. The van der Waals surface area contributed by atoms with Crippen molar-refractivity contribution in [2.45, 2.75) is 187 Å². The summed E-state index contributed by atoms with van der Waals surface area (Å²) < 4.78 is 37.4. The molecular formula is C33H65NaO4S. The monoisotopic (exact) mass is 580 g/mol. The number of hydrogen-bond donors (Lipinski definition) is 0. The zero-order valence-electron chi connectivity index (χ0n) is 26.6. The predicted molar refractivity (Wildman–Crippen MR) is 164 cm³/mol. The molecule has 0 aliphatic heterocycles. The minimum Gasteiger partial charge on any atom is -0.726 e. The standard InChI is InChI=1S/C33H66O4S.Na/c1-3-5-7-9-11-13-15-17-19-21-23-25-27-29-31-33(32-37-38(34,35)36)30-28-26-24-22-20-18-16-14-12-10-8-6-4-2;/h28,30,33H,3-27,29,31-32H2,1-2H3,(H,34,35,36);/q;+1/p-1/b30-28+;. The molecule has 39 heavy (non-hydrogen) atoms. The topological polar surface area (TPSA) is 66.4 Å². The van der Waals surface area contributed by atoms with Crippen LogP contribution in [0.1, 0.15) is 187 Å². The van der Waals surface area contributed by atoms with Crippen molar-refractivity contribution < 1.29 is 46.7 Å². The van der Waals surface area contributed by atoms with E-state index in [1.807, 2.05) is 0 Å². The Bertz CT molecular complexity index is 595. The molecule has 0 rings (SSSR count). The molecule has 4 nitrogen and oxygen atoms in total. The molecule has 1 atom stereocenters. The van der Waals surface area contributed by atoms with Gasteiger partial charge in [0.2, 0.25) is 10.4 Å². The van der Waals surface area contributed by atoms with Crippen LogP contribution < -0.4 is 29.6 Å². The Morgan fingerprint density at radius 3 is 1.26 bits per heavy atom. The SMILES string of the molecule is CCCCCCCCCCCCC/C=C/C(CCCCCCCCCCCCCCCC)COS(=O)(=O)[O-].[Na+]. The van der Waals surface area contributed by atoms with Crippen LogP contribution in [0.2, 0.25) is 0 Å². The van der Waals surface area contributed by atoms with Gasteiger partial charge in [0.25, 0.3) is 0 Å². The van der Waals surface area contributed by atoms with E-state index < -0.39 is 10.4 Å². The summed E-state index contributed by atoms with van der Waals surface area (Å²) in [6.07, 6.45) is 39.5. The van der Waals surface area contributed by atoms with Crippen LogP contribution in [0.15, 0.2) is 12.2 Å². The first-order valence-corrected chi connectivity index (χ1v) is 18.1. The zero-order chi connectivity index (χ0) is 28.0. The van der Waals surface area contributed by atoms with E-state index in [-0.39, 0.29) is 42.1 Å². The van der Waals surface area contributed by atoms with E-state index in [4.69, 9.17) is 0 Å². The maximum atomic E-state index is 10.9. The van der Waals surface area contributed by atoms with Gasteiger partial charge in [-0.15, -0.1) is 0 Å². The van der Waals surface area contributed by atoms with Crippen LogP contribution in [0.3, 0.4) is 0 Å². The van der Waals surface area contributed by atoms with E-state index >= 15 is 0 Å². The molecule has 0 N–H and O–H groups in total. The van der Waals surface area contributed by atoms with Gasteiger partial charge >= 0.3 is 29.6 Å². The van der Waals surface area contributed by atoms with Crippen LogP contribution in [0, 0.1) is 5.92 Å². The number of rotatable bonds is 31. The quantitative estimate of drug-likeness (QED) is 0.0272. The third-order valence-electron chi connectivity index (χ3n) is 7.74. The van der Waals surface area contributed by atoms with E-state index in [9.17, 15) is 13.0 Å². The normalized spacial score (nSPS) is 12.7. The predicted octanol–water partition coefficient (Wildman–Crippen LogP) is 8.21. The molecule has 0 amide bonds. The van der Waals surface area contributed by atoms with Crippen LogP contribution in [0.5, 0.6) is 0 Å². The Morgan fingerprint density at radius 1 is 0.564 bits per heavy atom. The molecule has 0 saturated heterocycles. The van der Waals surface area contributed by atoms with Crippen LogP contribution >= 0.6 is 0 Å². The molecule has 1 unspecified atom stereocenters. The Kier molecular flexibility index (Phi) is 35.4. The number of allylic oxidation sites excluding steroid dienone is 1. The van der Waals surface area contributed by atoms with Gasteiger partial charge in [-0.25, -0.2) is 8.42 Å². The summed E-state index contributed by atoms with van der Waals surface area (Å²) in [5, 5.41) is 0. The average molecular weight is 581 g/mol. The molecular weight excluding hydrogens is 515 g/mol. The summed E-state index contributed by atoms with van der Waals surface area (Å²) in [6.45, 7) is 4.52. The molecule has 0 bridgehead atoms. The molecule has 228 valence electrons. The maximum absolute atomic E-state index is 10.9. The second-order valence-electron chi connectivity index (χ2n) is 11.6. The van der Waals surface area contributed by atoms with Gasteiger partial charge in [-0.3, -0.25) is 4.18 Å². The van der Waals surface area contributed by atoms with Crippen molar-refractivity contribution in [3.05, 3.63) is 12.2 Å². The van der Waals surface area contributed by atoms with Gasteiger partial charge in [-0.05, 0) is 19.3 Å². The Hall–Kier alpha value is 0.610. The average Bonchev–Trinajstić information content (AvgIpc) is 2.89. The second-order valence-corrected chi connectivity index (χ2v) is 12.6. The molecule has 0 aromatic rings. The van der Waals surface area contributed by atoms with Gasteiger partial charge in [0.05, 0.1) is 6.61 Å². The molecule has 0 aromatic carbocycles. The van der Waals surface area contributed by atoms with Gasteiger partial charge in [0, 0.05) is 5.92 Å². The van der Waals surface area contributed by atoms with Crippen molar-refractivity contribution >= 4 is 10.4 Å². The molecule has 0 aliphatic carbocycles. The fraction of sp³-hybridized carbons (Fsp3) is 0.939. The summed E-state index contributed by atoms with van der Waals surface area (Å²) in [5.74, 6) is 0.0174. The van der Waals surface area contributed by atoms with Crippen molar-refractivity contribution in [1.82, 2.24) is 0 Å². The summed E-state index contributed by atoms with van der Waals surface area (Å²) in [7, 11) is -4.62. The van der Waals surface area contributed by atoms with Crippen LogP contribution in [-0.2, 0) is 14.6 Å². The first-order chi connectivity index (χ1) is 18.5. The summed E-state index contributed by atoms with van der Waals surface area (Å²) in [4.78, 5) is 0. The minimum absolute atomic E-state index is 0. The van der Waals surface area contributed by atoms with E-state index in [0.29, 0.717) is 0 Å². The molecule has 0 fully saturated rings. The van der Waals surface area contributed by atoms with E-state index in [1.165, 1.54) is 154 Å². The van der Waals surface area contributed by atoms with Gasteiger partial charge in [0.15, 0.2) is 0 Å². The first-order valence-electron chi connectivity index (χ1n) is 16.8. The zero-order valence-corrected chi connectivity index (χ0v) is 29.4. The first kappa shape index (κ1) is 41.7. The molecule has 0 radical (unpaired) electrons. The summed E-state index contributed by atoms with van der Waals surface area (Å²) in [6, 6.07) is 0. The fourth-order valence-electron chi connectivity index (χ4n) is 5.22. The van der Waals surface area contributed by atoms with Gasteiger partial charge < -0.3 is 4.55 Å². The van der Waals surface area contributed by atoms with Crippen molar-refractivity contribution in [1.29, 1.82) is 0 Å². The van der Waals surface area contributed by atoms with Crippen molar-refractivity contribution in [3.8, 4) is 0 Å². The third kappa shape index (κ3) is 36.6. The molecule has 0 saturated carbocycles. The van der Waals surface area contributed by atoms with E-state index in [1.54, 1.807) is 0 Å². The number of hydrogen-bond acceptors (Lipinski definition) is 4. The molecule has 6 heteroatoms. The largest absolute Gasteiger partial charge is 1.00 e. The van der Waals surface area contributed by atoms with Gasteiger partial charge in [-0.1, -0.05) is 180 Å². The molecule has 0 aromatic heterocycles. The van der Waals surface area contributed by atoms with Crippen molar-refractivity contribution in [3.63, 3.8) is 0 Å². The summed E-state index contributed by atoms with van der Waals surface area (Å²) in [5.41, 5.74) is 0. The Labute approximate surface area is 267 Å².